The molecule has 0 radical (unpaired) electrons. The van der Waals surface area contributed by atoms with Gasteiger partial charge in [0.15, 0.2) is 0 Å². The first-order valence-electron chi connectivity index (χ1n) is 6.67. The van der Waals surface area contributed by atoms with Crippen molar-refractivity contribution in [2.24, 2.45) is 0 Å². The molecule has 1 aromatic carbocycles. The van der Waals surface area contributed by atoms with Gasteiger partial charge in [-0.3, -0.25) is 4.98 Å². The minimum Gasteiger partial charge on any atom is -0.260 e. The molecule has 1 heterocycles. The summed E-state index contributed by atoms with van der Waals surface area (Å²) in [6, 6.07) is 8.83. The maximum absolute atomic E-state index is 13.3. The molecule has 0 bridgehead atoms. The van der Waals surface area contributed by atoms with E-state index in [1.165, 1.54) is 11.6 Å². The van der Waals surface area contributed by atoms with Crippen molar-refractivity contribution in [3.63, 3.8) is 0 Å². The first kappa shape index (κ1) is 13.7. The lowest BCUT2D eigenvalue weighted by atomic mass is 9.89. The van der Waals surface area contributed by atoms with Crippen LogP contribution in [0.25, 0.3) is 11.1 Å². The molecule has 0 aliphatic carbocycles. The molecule has 2 heteroatoms. The van der Waals surface area contributed by atoms with E-state index in [9.17, 15) is 4.39 Å². The lowest BCUT2D eigenvalue weighted by Gasteiger charge is -2.20. The van der Waals surface area contributed by atoms with Crippen LogP contribution in [0.5, 0.6) is 0 Å². The van der Waals surface area contributed by atoms with E-state index in [1.54, 1.807) is 12.1 Å². The number of aromatic nitrogens is 1. The predicted octanol–water partition coefficient (Wildman–Crippen LogP) is 4.75. The summed E-state index contributed by atoms with van der Waals surface area (Å²) in [5, 5.41) is 0. The third kappa shape index (κ3) is 3.01. The van der Waals surface area contributed by atoms with Crippen molar-refractivity contribution < 1.29 is 4.39 Å². The highest BCUT2D eigenvalue weighted by molar-refractivity contribution is 5.66. The predicted molar refractivity (Wildman–Crippen MR) is 77.7 cm³/mol. The molecule has 1 nitrogen and oxygen atoms in total. The molecule has 2 rings (SSSR count). The van der Waals surface area contributed by atoms with Gasteiger partial charge in [0.1, 0.15) is 5.82 Å². The number of aryl methyl sites for hydroxylation is 1. The quantitative estimate of drug-likeness (QED) is 0.756. The van der Waals surface area contributed by atoms with Gasteiger partial charge in [0.2, 0.25) is 0 Å². The summed E-state index contributed by atoms with van der Waals surface area (Å²) >= 11 is 0. The van der Waals surface area contributed by atoms with Crippen molar-refractivity contribution in [2.45, 2.75) is 39.5 Å². The Morgan fingerprint density at radius 3 is 2.47 bits per heavy atom. The summed E-state index contributed by atoms with van der Waals surface area (Å²) in [6.07, 6.45) is 2.78. The minimum atomic E-state index is -0.209. The number of halogens is 1. The highest BCUT2D eigenvalue weighted by Crippen LogP contribution is 2.28. The van der Waals surface area contributed by atoms with Crippen molar-refractivity contribution in [3.05, 3.63) is 53.6 Å². The van der Waals surface area contributed by atoms with Crippen LogP contribution in [0.2, 0.25) is 0 Å². The van der Waals surface area contributed by atoms with Gasteiger partial charge < -0.3 is 0 Å². The SMILES string of the molecule is CCc1cc(C(C)(C)C)ncc1-c1cccc(F)c1. The summed E-state index contributed by atoms with van der Waals surface area (Å²) < 4.78 is 13.3. The van der Waals surface area contributed by atoms with Crippen LogP contribution in [-0.2, 0) is 11.8 Å². The molecule has 0 N–H and O–H groups in total. The number of pyridine rings is 1. The zero-order valence-corrected chi connectivity index (χ0v) is 12.0. The molecule has 1 aromatic heterocycles. The normalized spacial score (nSPS) is 11.6. The van der Waals surface area contributed by atoms with E-state index in [4.69, 9.17) is 0 Å². The van der Waals surface area contributed by atoms with E-state index >= 15 is 0 Å². The standard InChI is InChI=1S/C17H20FN/c1-5-12-10-16(17(2,3)4)19-11-15(12)13-7-6-8-14(18)9-13/h6-11H,5H2,1-4H3. The van der Waals surface area contributed by atoms with Gasteiger partial charge in [-0.2, -0.15) is 0 Å². The summed E-state index contributed by atoms with van der Waals surface area (Å²) in [4.78, 5) is 4.54. The first-order valence-corrected chi connectivity index (χ1v) is 6.67. The number of benzene rings is 1. The van der Waals surface area contributed by atoms with Gasteiger partial charge in [-0.1, -0.05) is 39.8 Å². The molecule has 0 spiro atoms. The van der Waals surface area contributed by atoms with Gasteiger partial charge in [-0.05, 0) is 35.7 Å². The van der Waals surface area contributed by atoms with Crippen LogP contribution >= 0.6 is 0 Å². The first-order chi connectivity index (χ1) is 8.91. The van der Waals surface area contributed by atoms with Crippen molar-refractivity contribution in [3.8, 4) is 11.1 Å². The fraction of sp³-hybridized carbons (Fsp3) is 0.353. The molecular weight excluding hydrogens is 237 g/mol. The Hall–Kier alpha value is -1.70. The van der Waals surface area contributed by atoms with Gasteiger partial charge in [0.05, 0.1) is 0 Å². The zero-order valence-electron chi connectivity index (χ0n) is 12.0. The Bertz CT molecular complexity index is 582. The Labute approximate surface area is 114 Å². The molecular formula is C17H20FN. The third-order valence-electron chi connectivity index (χ3n) is 3.27. The molecule has 19 heavy (non-hydrogen) atoms. The molecule has 100 valence electrons. The maximum Gasteiger partial charge on any atom is 0.123 e. The van der Waals surface area contributed by atoms with Crippen LogP contribution in [0.1, 0.15) is 39.0 Å². The third-order valence-corrected chi connectivity index (χ3v) is 3.27. The monoisotopic (exact) mass is 257 g/mol. The lowest BCUT2D eigenvalue weighted by Crippen LogP contribution is -2.14. The lowest BCUT2D eigenvalue weighted by molar-refractivity contribution is 0.568. The van der Waals surface area contributed by atoms with Crippen LogP contribution in [0.4, 0.5) is 4.39 Å². The number of hydrogen-bond acceptors (Lipinski definition) is 1. The fourth-order valence-corrected chi connectivity index (χ4v) is 2.12. The number of rotatable bonds is 2. The van der Waals surface area contributed by atoms with E-state index in [0.717, 1.165) is 23.2 Å². The summed E-state index contributed by atoms with van der Waals surface area (Å²) in [5.74, 6) is -0.209. The van der Waals surface area contributed by atoms with Crippen LogP contribution < -0.4 is 0 Å². The largest absolute Gasteiger partial charge is 0.260 e. The molecule has 0 fully saturated rings. The minimum absolute atomic E-state index is 0.0321. The molecule has 2 aromatic rings. The number of nitrogens with zero attached hydrogens (tertiary/aromatic N) is 1. The summed E-state index contributed by atoms with van der Waals surface area (Å²) in [6.45, 7) is 8.56. The molecule has 0 atom stereocenters. The smallest absolute Gasteiger partial charge is 0.123 e. The van der Waals surface area contributed by atoms with Crippen molar-refractivity contribution in [1.82, 2.24) is 4.98 Å². The van der Waals surface area contributed by atoms with Gasteiger partial charge in [0.25, 0.3) is 0 Å². The average Bonchev–Trinajstić information content (AvgIpc) is 2.37. The van der Waals surface area contributed by atoms with Crippen LogP contribution in [0, 0.1) is 5.82 Å². The molecule has 0 saturated heterocycles. The Balaban J connectivity index is 2.53. The number of hydrogen-bond donors (Lipinski definition) is 0. The maximum atomic E-state index is 13.3. The summed E-state index contributed by atoms with van der Waals surface area (Å²) in [7, 11) is 0. The molecule has 0 amide bonds. The second-order valence-corrected chi connectivity index (χ2v) is 5.84. The van der Waals surface area contributed by atoms with E-state index in [1.807, 2.05) is 12.3 Å². The molecule has 0 aliphatic heterocycles. The van der Waals surface area contributed by atoms with Gasteiger partial charge in [-0.25, -0.2) is 4.39 Å². The average molecular weight is 257 g/mol. The second kappa shape index (κ2) is 5.12. The van der Waals surface area contributed by atoms with Crippen LogP contribution in [-0.4, -0.2) is 4.98 Å². The van der Waals surface area contributed by atoms with Crippen LogP contribution in [0.3, 0.4) is 0 Å². The van der Waals surface area contributed by atoms with E-state index < -0.39 is 0 Å². The van der Waals surface area contributed by atoms with E-state index in [-0.39, 0.29) is 11.2 Å². The molecule has 0 saturated carbocycles. The van der Waals surface area contributed by atoms with Crippen LogP contribution in [0.15, 0.2) is 36.5 Å². The Morgan fingerprint density at radius 2 is 1.89 bits per heavy atom. The van der Waals surface area contributed by atoms with Crippen molar-refractivity contribution in [2.75, 3.05) is 0 Å². The van der Waals surface area contributed by atoms with Gasteiger partial charge >= 0.3 is 0 Å². The topological polar surface area (TPSA) is 12.9 Å². The van der Waals surface area contributed by atoms with Crippen molar-refractivity contribution in [1.29, 1.82) is 0 Å². The fourth-order valence-electron chi connectivity index (χ4n) is 2.12. The molecule has 0 unspecified atom stereocenters. The highest BCUT2D eigenvalue weighted by atomic mass is 19.1. The van der Waals surface area contributed by atoms with Crippen molar-refractivity contribution >= 4 is 0 Å². The highest BCUT2D eigenvalue weighted by Gasteiger charge is 2.17. The Kier molecular flexibility index (Phi) is 3.70. The van der Waals surface area contributed by atoms with Gasteiger partial charge in [0, 0.05) is 22.9 Å². The zero-order chi connectivity index (χ0) is 14.0. The van der Waals surface area contributed by atoms with E-state index in [0.29, 0.717) is 0 Å². The summed E-state index contributed by atoms with van der Waals surface area (Å²) in [5.41, 5.74) is 4.24. The van der Waals surface area contributed by atoms with Gasteiger partial charge in [-0.15, -0.1) is 0 Å². The Morgan fingerprint density at radius 1 is 1.16 bits per heavy atom. The van der Waals surface area contributed by atoms with E-state index in [2.05, 4.69) is 38.7 Å². The second-order valence-electron chi connectivity index (χ2n) is 5.84. The molecule has 0 aliphatic rings.